The number of carbonyl (C=O) groups is 1. The molecule has 4 heteroatoms. The lowest BCUT2D eigenvalue weighted by Crippen LogP contribution is -2.11. The van der Waals surface area contributed by atoms with Gasteiger partial charge in [-0.05, 0) is 55.7 Å². The van der Waals surface area contributed by atoms with E-state index in [-0.39, 0.29) is 5.97 Å². The van der Waals surface area contributed by atoms with E-state index in [2.05, 4.69) is 12.1 Å². The Morgan fingerprint density at radius 2 is 2.00 bits per heavy atom. The molecule has 22 heavy (non-hydrogen) atoms. The molecule has 0 aromatic heterocycles. The number of hydrogen-bond acceptors (Lipinski definition) is 4. The molecule has 1 aromatic rings. The van der Waals surface area contributed by atoms with Crippen molar-refractivity contribution in [2.45, 2.75) is 51.0 Å². The molecular weight excluding hydrogens is 280 g/mol. The van der Waals surface area contributed by atoms with Crippen molar-refractivity contribution in [3.8, 4) is 11.5 Å². The third-order valence-electron chi connectivity index (χ3n) is 4.63. The van der Waals surface area contributed by atoms with Crippen molar-refractivity contribution in [1.29, 1.82) is 0 Å². The van der Waals surface area contributed by atoms with Gasteiger partial charge in [0, 0.05) is 12.8 Å². The van der Waals surface area contributed by atoms with Crippen molar-refractivity contribution in [3.05, 3.63) is 23.8 Å². The van der Waals surface area contributed by atoms with E-state index >= 15 is 0 Å². The van der Waals surface area contributed by atoms with Gasteiger partial charge < -0.3 is 14.2 Å². The standard InChI is InChI=1S/C18H24O4/c1-12(19)21-11-14-9-16(14)13-7-8-17(20-2)18(10-13)22-15-5-3-4-6-15/h7-8,10,14-16H,3-6,9,11H2,1-2H3. The SMILES string of the molecule is COc1ccc(C2CC2COC(C)=O)cc1OC1CCCC1. The normalized spacial score (nSPS) is 24.1. The van der Waals surface area contributed by atoms with Crippen LogP contribution in [0.2, 0.25) is 0 Å². The first-order valence-corrected chi connectivity index (χ1v) is 8.15. The van der Waals surface area contributed by atoms with Crippen LogP contribution >= 0.6 is 0 Å². The monoisotopic (exact) mass is 304 g/mol. The van der Waals surface area contributed by atoms with Crippen LogP contribution in [0.5, 0.6) is 11.5 Å². The molecule has 2 aliphatic rings. The van der Waals surface area contributed by atoms with Crippen molar-refractivity contribution in [2.24, 2.45) is 5.92 Å². The number of carbonyl (C=O) groups excluding carboxylic acids is 1. The zero-order valence-electron chi connectivity index (χ0n) is 13.3. The Balaban J connectivity index is 1.66. The van der Waals surface area contributed by atoms with Crippen LogP contribution in [0.4, 0.5) is 0 Å². The van der Waals surface area contributed by atoms with E-state index < -0.39 is 0 Å². The molecule has 3 rings (SSSR count). The molecule has 2 atom stereocenters. The number of ether oxygens (including phenoxy) is 3. The molecule has 0 spiro atoms. The van der Waals surface area contributed by atoms with Gasteiger partial charge in [-0.15, -0.1) is 0 Å². The molecule has 2 aliphatic carbocycles. The average molecular weight is 304 g/mol. The van der Waals surface area contributed by atoms with Crippen molar-refractivity contribution in [3.63, 3.8) is 0 Å². The van der Waals surface area contributed by atoms with Gasteiger partial charge in [-0.2, -0.15) is 0 Å². The van der Waals surface area contributed by atoms with Gasteiger partial charge in [0.25, 0.3) is 0 Å². The number of esters is 1. The van der Waals surface area contributed by atoms with Gasteiger partial charge in [-0.3, -0.25) is 4.79 Å². The first-order chi connectivity index (χ1) is 10.7. The smallest absolute Gasteiger partial charge is 0.302 e. The van der Waals surface area contributed by atoms with Crippen molar-refractivity contribution in [1.82, 2.24) is 0 Å². The highest BCUT2D eigenvalue weighted by Gasteiger charge is 2.39. The molecule has 120 valence electrons. The first kappa shape index (κ1) is 15.2. The molecule has 4 nitrogen and oxygen atoms in total. The van der Waals surface area contributed by atoms with Gasteiger partial charge in [0.05, 0.1) is 19.8 Å². The number of methoxy groups -OCH3 is 1. The minimum absolute atomic E-state index is 0.203. The average Bonchev–Trinajstić information content (AvgIpc) is 3.11. The second kappa shape index (κ2) is 6.59. The Hall–Kier alpha value is -1.71. The molecule has 0 bridgehead atoms. The van der Waals surface area contributed by atoms with Crippen LogP contribution in [0.3, 0.4) is 0 Å². The topological polar surface area (TPSA) is 44.8 Å². The number of hydrogen-bond donors (Lipinski definition) is 0. The summed E-state index contributed by atoms with van der Waals surface area (Å²) in [7, 11) is 1.68. The zero-order chi connectivity index (χ0) is 15.5. The molecule has 0 heterocycles. The predicted molar refractivity (Wildman–Crippen MR) is 83.4 cm³/mol. The molecule has 0 amide bonds. The Morgan fingerprint density at radius 1 is 1.23 bits per heavy atom. The molecule has 0 aliphatic heterocycles. The zero-order valence-corrected chi connectivity index (χ0v) is 13.3. The summed E-state index contributed by atoms with van der Waals surface area (Å²) in [6.45, 7) is 1.98. The fraction of sp³-hybridized carbons (Fsp3) is 0.611. The van der Waals surface area contributed by atoms with Gasteiger partial charge in [-0.1, -0.05) is 6.07 Å². The Kier molecular flexibility index (Phi) is 4.55. The summed E-state index contributed by atoms with van der Waals surface area (Å²) in [4.78, 5) is 10.9. The van der Waals surface area contributed by atoms with Crippen LogP contribution in [0.15, 0.2) is 18.2 Å². The van der Waals surface area contributed by atoms with Crippen molar-refractivity contribution in [2.75, 3.05) is 13.7 Å². The van der Waals surface area contributed by atoms with Crippen LogP contribution < -0.4 is 9.47 Å². The van der Waals surface area contributed by atoms with E-state index in [1.807, 2.05) is 6.07 Å². The largest absolute Gasteiger partial charge is 0.493 e. The van der Waals surface area contributed by atoms with Gasteiger partial charge in [0.1, 0.15) is 0 Å². The maximum atomic E-state index is 10.9. The lowest BCUT2D eigenvalue weighted by molar-refractivity contribution is -0.141. The molecule has 0 radical (unpaired) electrons. The lowest BCUT2D eigenvalue weighted by atomic mass is 10.1. The summed E-state index contributed by atoms with van der Waals surface area (Å²) < 4.78 is 16.7. The number of rotatable bonds is 6. The van der Waals surface area contributed by atoms with Crippen LogP contribution in [0.25, 0.3) is 0 Å². The van der Waals surface area contributed by atoms with Gasteiger partial charge >= 0.3 is 5.97 Å². The highest BCUT2D eigenvalue weighted by Crippen LogP contribution is 2.49. The van der Waals surface area contributed by atoms with Crippen molar-refractivity contribution >= 4 is 5.97 Å². The number of benzene rings is 1. The van der Waals surface area contributed by atoms with E-state index in [0.717, 1.165) is 30.8 Å². The summed E-state index contributed by atoms with van der Waals surface area (Å²) in [5.74, 6) is 2.36. The van der Waals surface area contributed by atoms with E-state index in [1.165, 1.54) is 25.3 Å². The predicted octanol–water partition coefficient (Wildman–Crippen LogP) is 3.68. The molecule has 2 unspecified atom stereocenters. The highest BCUT2D eigenvalue weighted by molar-refractivity contribution is 5.65. The second-order valence-electron chi connectivity index (χ2n) is 6.34. The van der Waals surface area contributed by atoms with Crippen LogP contribution in [0.1, 0.15) is 50.5 Å². The van der Waals surface area contributed by atoms with E-state index in [4.69, 9.17) is 14.2 Å². The van der Waals surface area contributed by atoms with Crippen molar-refractivity contribution < 1.29 is 19.0 Å². The Morgan fingerprint density at radius 3 is 2.68 bits per heavy atom. The second-order valence-corrected chi connectivity index (χ2v) is 6.34. The van der Waals surface area contributed by atoms with Crippen LogP contribution in [-0.2, 0) is 9.53 Å². The summed E-state index contributed by atoms with van der Waals surface area (Å²) in [6.07, 6.45) is 6.15. The van der Waals surface area contributed by atoms with Crippen LogP contribution in [0, 0.1) is 5.92 Å². The van der Waals surface area contributed by atoms with Gasteiger partial charge in [0.15, 0.2) is 11.5 Å². The first-order valence-electron chi connectivity index (χ1n) is 8.15. The fourth-order valence-electron chi connectivity index (χ4n) is 3.27. The fourth-order valence-corrected chi connectivity index (χ4v) is 3.27. The van der Waals surface area contributed by atoms with E-state index in [0.29, 0.717) is 24.5 Å². The highest BCUT2D eigenvalue weighted by atomic mass is 16.5. The Labute approximate surface area is 131 Å². The molecule has 2 fully saturated rings. The quantitative estimate of drug-likeness (QED) is 0.752. The lowest BCUT2D eigenvalue weighted by Gasteiger charge is -2.17. The summed E-state index contributed by atoms with van der Waals surface area (Å²) in [5.41, 5.74) is 1.26. The Bertz CT molecular complexity index is 534. The third kappa shape index (κ3) is 3.54. The minimum atomic E-state index is -0.203. The van der Waals surface area contributed by atoms with E-state index in [9.17, 15) is 4.79 Å². The van der Waals surface area contributed by atoms with Gasteiger partial charge in [0.2, 0.25) is 0 Å². The van der Waals surface area contributed by atoms with Crippen LogP contribution in [-0.4, -0.2) is 25.8 Å². The summed E-state index contributed by atoms with van der Waals surface area (Å²) >= 11 is 0. The maximum absolute atomic E-state index is 10.9. The molecule has 0 saturated heterocycles. The third-order valence-corrected chi connectivity index (χ3v) is 4.63. The minimum Gasteiger partial charge on any atom is -0.493 e. The molecule has 0 N–H and O–H groups in total. The summed E-state index contributed by atoms with van der Waals surface area (Å²) in [5, 5.41) is 0. The molecular formula is C18H24O4. The summed E-state index contributed by atoms with van der Waals surface area (Å²) in [6, 6.07) is 6.19. The van der Waals surface area contributed by atoms with E-state index in [1.54, 1.807) is 7.11 Å². The van der Waals surface area contributed by atoms with Gasteiger partial charge in [-0.25, -0.2) is 0 Å². The molecule has 1 aromatic carbocycles. The molecule has 2 saturated carbocycles. The maximum Gasteiger partial charge on any atom is 0.302 e.